The van der Waals surface area contributed by atoms with E-state index in [0.717, 1.165) is 0 Å². The molecule has 1 saturated heterocycles. The average molecular weight is 239 g/mol. The van der Waals surface area contributed by atoms with Gasteiger partial charge in [-0.25, -0.2) is 4.79 Å². The van der Waals surface area contributed by atoms with Crippen molar-refractivity contribution < 1.29 is 19.4 Å². The molecule has 2 rings (SSSR count). The highest BCUT2D eigenvalue weighted by atomic mass is 16.5. The minimum absolute atomic E-state index is 0.230. The third-order valence-corrected chi connectivity index (χ3v) is 2.63. The van der Waals surface area contributed by atoms with Crippen LogP contribution in [0.15, 0.2) is 12.4 Å². The molecule has 0 aromatic carbocycles. The first-order valence-corrected chi connectivity index (χ1v) is 5.32. The second kappa shape index (κ2) is 4.96. The summed E-state index contributed by atoms with van der Waals surface area (Å²) in [6.45, 7) is 0.313. The van der Waals surface area contributed by atoms with Crippen LogP contribution in [0, 0.1) is 0 Å². The van der Waals surface area contributed by atoms with Crippen molar-refractivity contribution in [1.82, 2.24) is 15.5 Å². The quantitative estimate of drug-likeness (QED) is 0.673. The zero-order chi connectivity index (χ0) is 12.3. The van der Waals surface area contributed by atoms with Gasteiger partial charge in [0.2, 0.25) is 0 Å². The number of nitrogens with one attached hydrogen (secondary N) is 2. The van der Waals surface area contributed by atoms with Crippen LogP contribution in [0.5, 0.6) is 0 Å². The lowest BCUT2D eigenvalue weighted by Gasteiger charge is -2.11. The van der Waals surface area contributed by atoms with E-state index in [0.29, 0.717) is 24.9 Å². The zero-order valence-corrected chi connectivity index (χ0v) is 9.05. The standard InChI is InChI=1S/C10H13N3O4/c14-9(6-3-12-13-4-6)11-5-7-1-2-8(17-7)10(15)16/h3-4,7-8H,1-2,5H2,(H,11,14)(H,12,13)(H,15,16). The lowest BCUT2D eigenvalue weighted by atomic mass is 10.2. The molecule has 1 aliphatic rings. The van der Waals surface area contributed by atoms with E-state index in [4.69, 9.17) is 9.84 Å². The van der Waals surface area contributed by atoms with E-state index in [2.05, 4.69) is 15.5 Å². The number of rotatable bonds is 4. The molecule has 0 saturated carbocycles. The van der Waals surface area contributed by atoms with Crippen LogP contribution in [0.2, 0.25) is 0 Å². The predicted molar refractivity (Wildman–Crippen MR) is 56.5 cm³/mol. The van der Waals surface area contributed by atoms with E-state index in [1.54, 1.807) is 0 Å². The summed E-state index contributed by atoms with van der Waals surface area (Å²) in [7, 11) is 0. The summed E-state index contributed by atoms with van der Waals surface area (Å²) in [6, 6.07) is 0. The molecular formula is C10H13N3O4. The predicted octanol–water partition coefficient (Wildman–Crippen LogP) is -0.228. The summed E-state index contributed by atoms with van der Waals surface area (Å²) in [5.41, 5.74) is 0.442. The first-order chi connectivity index (χ1) is 8.16. The van der Waals surface area contributed by atoms with Crippen molar-refractivity contribution in [2.45, 2.75) is 25.0 Å². The van der Waals surface area contributed by atoms with Crippen LogP contribution < -0.4 is 5.32 Å². The fourth-order valence-corrected chi connectivity index (χ4v) is 1.72. The fraction of sp³-hybridized carbons (Fsp3) is 0.500. The van der Waals surface area contributed by atoms with Crippen LogP contribution in [-0.2, 0) is 9.53 Å². The molecule has 2 heterocycles. The average Bonchev–Trinajstić information content (AvgIpc) is 2.97. The summed E-state index contributed by atoms with van der Waals surface area (Å²) >= 11 is 0. The Hall–Kier alpha value is -1.89. The number of aromatic nitrogens is 2. The summed E-state index contributed by atoms with van der Waals surface area (Å²) in [4.78, 5) is 22.2. The van der Waals surface area contributed by atoms with E-state index in [-0.39, 0.29) is 12.0 Å². The highest BCUT2D eigenvalue weighted by molar-refractivity contribution is 5.93. The second-order valence-electron chi connectivity index (χ2n) is 3.86. The molecule has 0 aliphatic carbocycles. The number of carbonyl (C=O) groups is 2. The Morgan fingerprint density at radius 1 is 1.59 bits per heavy atom. The Labute approximate surface area is 97.2 Å². The van der Waals surface area contributed by atoms with Crippen molar-refractivity contribution in [2.75, 3.05) is 6.54 Å². The van der Waals surface area contributed by atoms with Gasteiger partial charge in [-0.1, -0.05) is 0 Å². The van der Waals surface area contributed by atoms with Gasteiger partial charge in [0, 0.05) is 12.7 Å². The molecule has 1 aromatic rings. The maximum Gasteiger partial charge on any atom is 0.332 e. The molecule has 7 nitrogen and oxygen atoms in total. The van der Waals surface area contributed by atoms with Crippen LogP contribution in [0.1, 0.15) is 23.2 Å². The van der Waals surface area contributed by atoms with Crippen molar-refractivity contribution in [3.63, 3.8) is 0 Å². The van der Waals surface area contributed by atoms with Gasteiger partial charge in [0.25, 0.3) is 5.91 Å². The third-order valence-electron chi connectivity index (χ3n) is 2.63. The maximum absolute atomic E-state index is 11.5. The summed E-state index contributed by atoms with van der Waals surface area (Å²) in [5, 5.41) is 17.6. The molecule has 2 atom stereocenters. The normalized spacial score (nSPS) is 23.5. The van der Waals surface area contributed by atoms with Crippen molar-refractivity contribution >= 4 is 11.9 Å². The van der Waals surface area contributed by atoms with E-state index >= 15 is 0 Å². The number of amides is 1. The second-order valence-corrected chi connectivity index (χ2v) is 3.86. The van der Waals surface area contributed by atoms with E-state index in [9.17, 15) is 9.59 Å². The number of carboxylic acid groups (broad SMARTS) is 1. The van der Waals surface area contributed by atoms with Crippen LogP contribution in [0.3, 0.4) is 0 Å². The van der Waals surface area contributed by atoms with Crippen LogP contribution in [0.4, 0.5) is 0 Å². The van der Waals surface area contributed by atoms with Gasteiger partial charge in [-0.05, 0) is 12.8 Å². The largest absolute Gasteiger partial charge is 0.479 e. The number of H-pyrrole nitrogens is 1. The lowest BCUT2D eigenvalue weighted by molar-refractivity contribution is -0.149. The van der Waals surface area contributed by atoms with Gasteiger partial charge in [-0.3, -0.25) is 9.89 Å². The Morgan fingerprint density at radius 3 is 3.00 bits per heavy atom. The first-order valence-electron chi connectivity index (χ1n) is 5.32. The van der Waals surface area contributed by atoms with Gasteiger partial charge < -0.3 is 15.2 Å². The van der Waals surface area contributed by atoms with Gasteiger partial charge >= 0.3 is 5.97 Å². The summed E-state index contributed by atoms with van der Waals surface area (Å²) in [5.74, 6) is -1.20. The van der Waals surface area contributed by atoms with Gasteiger partial charge in [-0.15, -0.1) is 0 Å². The molecule has 0 bridgehead atoms. The molecule has 0 spiro atoms. The first kappa shape index (κ1) is 11.6. The maximum atomic E-state index is 11.5. The van der Waals surface area contributed by atoms with Crippen LogP contribution >= 0.6 is 0 Å². The van der Waals surface area contributed by atoms with Gasteiger partial charge in [0.1, 0.15) is 0 Å². The number of nitrogens with zero attached hydrogens (tertiary/aromatic N) is 1. The van der Waals surface area contributed by atoms with E-state index in [1.807, 2.05) is 0 Å². The SMILES string of the molecule is O=C(NCC1CCC(C(=O)O)O1)c1cn[nH]c1. The summed E-state index contributed by atoms with van der Waals surface area (Å²) in [6.07, 6.45) is 3.07. The molecule has 1 fully saturated rings. The van der Waals surface area contributed by atoms with Gasteiger partial charge in [-0.2, -0.15) is 5.10 Å². The molecule has 92 valence electrons. The molecule has 0 radical (unpaired) electrons. The van der Waals surface area contributed by atoms with Crippen molar-refractivity contribution in [2.24, 2.45) is 0 Å². The molecule has 3 N–H and O–H groups in total. The molecule has 1 amide bonds. The Kier molecular flexibility index (Phi) is 3.38. The van der Waals surface area contributed by atoms with Gasteiger partial charge in [0.15, 0.2) is 6.10 Å². The van der Waals surface area contributed by atoms with E-state index < -0.39 is 12.1 Å². The fourth-order valence-electron chi connectivity index (χ4n) is 1.72. The smallest absolute Gasteiger partial charge is 0.332 e. The Balaban J connectivity index is 1.76. The van der Waals surface area contributed by atoms with E-state index in [1.165, 1.54) is 12.4 Å². The molecule has 1 aliphatic heterocycles. The van der Waals surface area contributed by atoms with Crippen molar-refractivity contribution in [1.29, 1.82) is 0 Å². The monoisotopic (exact) mass is 239 g/mol. The molecule has 2 unspecified atom stereocenters. The third kappa shape index (κ3) is 2.82. The highest BCUT2D eigenvalue weighted by Gasteiger charge is 2.30. The number of aliphatic carboxylic acids is 1. The molecule has 7 heteroatoms. The van der Waals surface area contributed by atoms with Crippen LogP contribution in [-0.4, -0.2) is 45.9 Å². The lowest BCUT2D eigenvalue weighted by Crippen LogP contribution is -2.32. The minimum Gasteiger partial charge on any atom is -0.479 e. The summed E-state index contributed by atoms with van der Waals surface area (Å²) < 4.78 is 5.25. The zero-order valence-electron chi connectivity index (χ0n) is 9.05. The molecular weight excluding hydrogens is 226 g/mol. The topological polar surface area (TPSA) is 104 Å². The van der Waals surface area contributed by atoms with Crippen molar-refractivity contribution in [3.8, 4) is 0 Å². The number of hydrogen-bond donors (Lipinski definition) is 3. The Bertz CT molecular complexity index is 404. The number of hydrogen-bond acceptors (Lipinski definition) is 4. The molecule has 1 aromatic heterocycles. The van der Waals surface area contributed by atoms with Crippen LogP contribution in [0.25, 0.3) is 0 Å². The number of carboxylic acids is 1. The Morgan fingerprint density at radius 2 is 2.41 bits per heavy atom. The number of aromatic amines is 1. The molecule has 17 heavy (non-hydrogen) atoms. The van der Waals surface area contributed by atoms with Gasteiger partial charge in [0.05, 0.1) is 17.9 Å². The number of carbonyl (C=O) groups excluding carboxylic acids is 1. The highest BCUT2D eigenvalue weighted by Crippen LogP contribution is 2.19. The van der Waals surface area contributed by atoms with Crippen molar-refractivity contribution in [3.05, 3.63) is 18.0 Å². The number of ether oxygens (including phenoxy) is 1. The minimum atomic E-state index is -0.950.